The average Bonchev–Trinajstić information content (AvgIpc) is 3.08. The Morgan fingerprint density at radius 2 is 1.75 bits per heavy atom. The van der Waals surface area contributed by atoms with Gasteiger partial charge in [0.15, 0.2) is 0 Å². The minimum absolute atomic E-state index is 0.0885. The maximum Gasteiger partial charge on any atom is 0.0778 e. The van der Waals surface area contributed by atoms with Gasteiger partial charge in [-0.15, -0.1) is 0 Å². The largest absolute Gasteiger partial charge is 0.372 e. The van der Waals surface area contributed by atoms with Crippen LogP contribution < -0.4 is 5.43 Å². The molecule has 0 amide bonds. The summed E-state index contributed by atoms with van der Waals surface area (Å²) in [6, 6.07) is 16.0. The SMILES string of the molecule is CCCSN1NC(c2ccc(Cl)cc2)C2=C1C(=Cc1ccc(Cl)cc1)COC2. The highest BCUT2D eigenvalue weighted by molar-refractivity contribution is 7.97. The van der Waals surface area contributed by atoms with Gasteiger partial charge in [0.05, 0.1) is 25.0 Å². The number of nitrogens with one attached hydrogen (secondary N) is 1. The van der Waals surface area contributed by atoms with Crippen molar-refractivity contribution in [3.63, 3.8) is 0 Å². The van der Waals surface area contributed by atoms with Gasteiger partial charge in [0.2, 0.25) is 0 Å². The third-order valence-corrected chi connectivity index (χ3v) is 6.40. The lowest BCUT2D eigenvalue weighted by Crippen LogP contribution is -2.29. The van der Waals surface area contributed by atoms with E-state index in [9.17, 15) is 0 Å². The van der Waals surface area contributed by atoms with Crippen LogP contribution in [-0.4, -0.2) is 23.4 Å². The molecule has 2 aromatic rings. The van der Waals surface area contributed by atoms with E-state index in [2.05, 4.69) is 35.0 Å². The molecule has 2 aliphatic heterocycles. The van der Waals surface area contributed by atoms with Crippen molar-refractivity contribution >= 4 is 41.2 Å². The lowest BCUT2D eigenvalue weighted by Gasteiger charge is -2.25. The number of hydrazine groups is 1. The quantitative estimate of drug-likeness (QED) is 0.561. The van der Waals surface area contributed by atoms with Crippen LogP contribution in [0.4, 0.5) is 0 Å². The van der Waals surface area contributed by atoms with Crippen LogP contribution in [0.15, 0.2) is 65.4 Å². The highest BCUT2D eigenvalue weighted by Gasteiger charge is 2.36. The van der Waals surface area contributed by atoms with Gasteiger partial charge in [-0.1, -0.05) is 54.4 Å². The fourth-order valence-electron chi connectivity index (χ4n) is 3.44. The first-order chi connectivity index (χ1) is 13.7. The van der Waals surface area contributed by atoms with E-state index in [-0.39, 0.29) is 6.04 Å². The Morgan fingerprint density at radius 1 is 1.07 bits per heavy atom. The molecule has 1 unspecified atom stereocenters. The van der Waals surface area contributed by atoms with E-state index in [0.717, 1.165) is 27.8 Å². The normalized spacial score (nSPS) is 20.8. The third-order valence-electron chi connectivity index (χ3n) is 4.76. The van der Waals surface area contributed by atoms with Gasteiger partial charge < -0.3 is 4.74 Å². The molecule has 0 saturated heterocycles. The molecule has 1 N–H and O–H groups in total. The fourth-order valence-corrected chi connectivity index (χ4v) is 4.60. The van der Waals surface area contributed by atoms with Gasteiger partial charge in [-0.25, -0.2) is 9.84 Å². The van der Waals surface area contributed by atoms with Gasteiger partial charge in [-0.2, -0.15) is 0 Å². The number of benzene rings is 2. The summed E-state index contributed by atoms with van der Waals surface area (Å²) in [7, 11) is 0. The lowest BCUT2D eigenvalue weighted by atomic mass is 9.95. The maximum absolute atomic E-state index is 6.09. The second-order valence-corrected chi connectivity index (χ2v) is 8.73. The molecule has 146 valence electrons. The van der Waals surface area contributed by atoms with E-state index >= 15 is 0 Å². The van der Waals surface area contributed by atoms with Gasteiger partial charge in [0.25, 0.3) is 0 Å². The van der Waals surface area contributed by atoms with Gasteiger partial charge in [0, 0.05) is 26.9 Å². The zero-order chi connectivity index (χ0) is 19.5. The van der Waals surface area contributed by atoms with Gasteiger partial charge in [-0.3, -0.25) is 0 Å². The fraction of sp³-hybridized carbons (Fsp3) is 0.273. The molecule has 0 spiro atoms. The molecule has 0 radical (unpaired) electrons. The van der Waals surface area contributed by atoms with Gasteiger partial charge >= 0.3 is 0 Å². The molecule has 2 aliphatic rings. The number of ether oxygens (including phenoxy) is 1. The lowest BCUT2D eigenvalue weighted by molar-refractivity contribution is 0.169. The van der Waals surface area contributed by atoms with Crippen LogP contribution in [0.5, 0.6) is 0 Å². The van der Waals surface area contributed by atoms with Gasteiger partial charge in [-0.05, 0) is 59.8 Å². The van der Waals surface area contributed by atoms with E-state index in [1.165, 1.54) is 22.4 Å². The van der Waals surface area contributed by atoms with Crippen LogP contribution in [0.1, 0.15) is 30.5 Å². The first kappa shape index (κ1) is 19.9. The van der Waals surface area contributed by atoms with Crippen molar-refractivity contribution in [3.8, 4) is 0 Å². The smallest absolute Gasteiger partial charge is 0.0778 e. The Kier molecular flexibility index (Phi) is 6.34. The van der Waals surface area contributed by atoms with Crippen LogP contribution in [0, 0.1) is 0 Å². The molecule has 2 heterocycles. The molecular weight excluding hydrogens is 411 g/mol. The molecule has 0 aliphatic carbocycles. The summed E-state index contributed by atoms with van der Waals surface area (Å²) in [6.45, 7) is 3.42. The van der Waals surface area contributed by atoms with Gasteiger partial charge in [0.1, 0.15) is 0 Å². The minimum Gasteiger partial charge on any atom is -0.372 e. The van der Waals surface area contributed by atoms with E-state index in [1.54, 1.807) is 0 Å². The van der Waals surface area contributed by atoms with Crippen molar-refractivity contribution in [2.45, 2.75) is 19.4 Å². The summed E-state index contributed by atoms with van der Waals surface area (Å²) in [6.07, 6.45) is 3.31. The molecule has 2 aromatic carbocycles. The second-order valence-electron chi connectivity index (χ2n) is 6.83. The highest BCUT2D eigenvalue weighted by Crippen LogP contribution is 2.42. The molecule has 3 nitrogen and oxygen atoms in total. The Labute approximate surface area is 180 Å². The number of halogens is 2. The Hall–Kier alpha value is -1.43. The van der Waals surface area contributed by atoms with Crippen LogP contribution in [0.2, 0.25) is 10.0 Å². The molecule has 0 aromatic heterocycles. The topological polar surface area (TPSA) is 24.5 Å². The van der Waals surface area contributed by atoms with E-state index in [4.69, 9.17) is 27.9 Å². The van der Waals surface area contributed by atoms with Crippen LogP contribution in [0.3, 0.4) is 0 Å². The summed E-state index contributed by atoms with van der Waals surface area (Å²) >= 11 is 13.9. The van der Waals surface area contributed by atoms with Crippen molar-refractivity contribution in [2.75, 3.05) is 19.0 Å². The number of nitrogens with zero attached hydrogens (tertiary/aromatic N) is 1. The summed E-state index contributed by atoms with van der Waals surface area (Å²) in [5.41, 5.74) is 9.65. The van der Waals surface area contributed by atoms with Crippen LogP contribution in [0.25, 0.3) is 6.08 Å². The zero-order valence-electron chi connectivity index (χ0n) is 15.6. The number of rotatable bonds is 5. The van der Waals surface area contributed by atoms with Crippen molar-refractivity contribution in [2.24, 2.45) is 0 Å². The predicted molar refractivity (Wildman–Crippen MR) is 119 cm³/mol. The monoisotopic (exact) mass is 432 g/mol. The van der Waals surface area contributed by atoms with E-state index < -0.39 is 0 Å². The molecule has 28 heavy (non-hydrogen) atoms. The van der Waals surface area contributed by atoms with Crippen LogP contribution >= 0.6 is 35.1 Å². The van der Waals surface area contributed by atoms with Crippen molar-refractivity contribution in [1.29, 1.82) is 0 Å². The number of hydrogen-bond acceptors (Lipinski definition) is 4. The summed E-state index contributed by atoms with van der Waals surface area (Å²) < 4.78 is 8.19. The molecule has 0 fully saturated rings. The number of hydrogen-bond donors (Lipinski definition) is 1. The Bertz CT molecular complexity index is 894. The zero-order valence-corrected chi connectivity index (χ0v) is 17.9. The van der Waals surface area contributed by atoms with Crippen molar-refractivity contribution < 1.29 is 4.74 Å². The maximum atomic E-state index is 6.09. The molecular formula is C22H22Cl2N2OS. The molecule has 6 heteroatoms. The first-order valence-corrected chi connectivity index (χ1v) is 11.1. The van der Waals surface area contributed by atoms with E-state index in [0.29, 0.717) is 13.2 Å². The van der Waals surface area contributed by atoms with E-state index in [1.807, 2.05) is 48.3 Å². The summed E-state index contributed by atoms with van der Waals surface area (Å²) in [5, 5.41) is 1.49. The Balaban J connectivity index is 1.72. The predicted octanol–water partition coefficient (Wildman–Crippen LogP) is 6.28. The third kappa shape index (κ3) is 4.27. The molecule has 0 saturated carbocycles. The van der Waals surface area contributed by atoms with Crippen molar-refractivity contribution in [1.82, 2.24) is 9.84 Å². The highest BCUT2D eigenvalue weighted by atomic mass is 35.5. The Morgan fingerprint density at radius 3 is 2.43 bits per heavy atom. The standard InChI is InChI=1S/C22H22Cl2N2OS/c1-2-11-28-26-22-17(12-15-3-7-18(23)8-4-15)13-27-14-20(22)21(25-26)16-5-9-19(24)10-6-16/h3-10,12,21,25H,2,11,13-14H2,1H3. The average molecular weight is 433 g/mol. The summed E-state index contributed by atoms with van der Waals surface area (Å²) in [5.74, 6) is 1.05. The second kappa shape index (κ2) is 8.93. The van der Waals surface area contributed by atoms with Crippen molar-refractivity contribution in [3.05, 3.63) is 86.5 Å². The minimum atomic E-state index is 0.0885. The molecule has 0 bridgehead atoms. The first-order valence-electron chi connectivity index (χ1n) is 9.37. The molecule has 1 atom stereocenters. The summed E-state index contributed by atoms with van der Waals surface area (Å²) in [4.78, 5) is 0. The molecule has 4 rings (SSSR count). The van der Waals surface area contributed by atoms with Crippen LogP contribution in [-0.2, 0) is 4.74 Å².